The van der Waals surface area contributed by atoms with Gasteiger partial charge in [-0.1, -0.05) is 13.8 Å². The SMILES string of the molecule is CC(C)CC1C(=O)N(C)C(=O)N(C)C1O. The Hall–Kier alpha value is -1.10. The summed E-state index contributed by atoms with van der Waals surface area (Å²) in [5.41, 5.74) is 0. The van der Waals surface area contributed by atoms with Crippen LogP contribution in [0.15, 0.2) is 0 Å². The van der Waals surface area contributed by atoms with Crippen molar-refractivity contribution in [2.45, 2.75) is 26.5 Å². The second-order valence-corrected chi connectivity index (χ2v) is 4.44. The minimum Gasteiger partial charge on any atom is -0.373 e. The first kappa shape index (κ1) is 12.0. The van der Waals surface area contributed by atoms with Crippen LogP contribution in [0.25, 0.3) is 0 Å². The number of aliphatic hydroxyl groups excluding tert-OH is 1. The molecule has 0 radical (unpaired) electrons. The normalized spacial score (nSPS) is 27.9. The zero-order chi connectivity index (χ0) is 11.7. The van der Waals surface area contributed by atoms with Crippen molar-refractivity contribution in [3.05, 3.63) is 0 Å². The third-order valence-electron chi connectivity index (χ3n) is 2.72. The number of hydrogen-bond acceptors (Lipinski definition) is 3. The van der Waals surface area contributed by atoms with E-state index in [0.29, 0.717) is 12.3 Å². The number of hydrogen-bond donors (Lipinski definition) is 1. The Morgan fingerprint density at radius 2 is 1.87 bits per heavy atom. The number of carbonyl (C=O) groups excluding carboxylic acids is 2. The van der Waals surface area contributed by atoms with Crippen molar-refractivity contribution in [3.63, 3.8) is 0 Å². The standard InChI is InChI=1S/C10H18N2O3/c1-6(2)5-7-8(13)11(3)10(15)12(4)9(7)14/h6-8,13H,5H2,1-4H3. The molecule has 2 unspecified atom stereocenters. The fraction of sp³-hybridized carbons (Fsp3) is 0.800. The number of imide groups is 1. The Morgan fingerprint density at radius 1 is 1.33 bits per heavy atom. The molecule has 1 saturated heterocycles. The average Bonchev–Trinajstić information content (AvgIpc) is 2.18. The van der Waals surface area contributed by atoms with Gasteiger partial charge in [0.25, 0.3) is 0 Å². The lowest BCUT2D eigenvalue weighted by atomic mass is 9.92. The summed E-state index contributed by atoms with van der Waals surface area (Å²) < 4.78 is 0. The van der Waals surface area contributed by atoms with Gasteiger partial charge >= 0.3 is 6.03 Å². The maximum Gasteiger partial charge on any atom is 0.328 e. The van der Waals surface area contributed by atoms with Crippen molar-refractivity contribution in [2.24, 2.45) is 11.8 Å². The van der Waals surface area contributed by atoms with E-state index in [0.717, 1.165) is 4.90 Å². The molecule has 1 rings (SSSR count). The average molecular weight is 214 g/mol. The highest BCUT2D eigenvalue weighted by Crippen LogP contribution is 2.24. The lowest BCUT2D eigenvalue weighted by molar-refractivity contribution is -0.147. The summed E-state index contributed by atoms with van der Waals surface area (Å²) in [5, 5.41) is 9.80. The van der Waals surface area contributed by atoms with Gasteiger partial charge in [-0.05, 0) is 12.3 Å². The number of carbonyl (C=O) groups is 2. The van der Waals surface area contributed by atoms with Crippen molar-refractivity contribution in [2.75, 3.05) is 14.1 Å². The molecule has 0 aliphatic carbocycles. The van der Waals surface area contributed by atoms with Gasteiger partial charge < -0.3 is 10.0 Å². The van der Waals surface area contributed by atoms with E-state index in [9.17, 15) is 14.7 Å². The van der Waals surface area contributed by atoms with Gasteiger partial charge in [0.05, 0.1) is 5.92 Å². The van der Waals surface area contributed by atoms with Gasteiger partial charge in [-0.3, -0.25) is 9.69 Å². The molecule has 1 N–H and O–H groups in total. The highest BCUT2D eigenvalue weighted by atomic mass is 16.3. The lowest BCUT2D eigenvalue weighted by Gasteiger charge is -2.39. The molecule has 5 heteroatoms. The Bertz CT molecular complexity index is 278. The first-order valence-electron chi connectivity index (χ1n) is 5.08. The van der Waals surface area contributed by atoms with Crippen LogP contribution in [0.3, 0.4) is 0 Å². The highest BCUT2D eigenvalue weighted by Gasteiger charge is 2.42. The van der Waals surface area contributed by atoms with Gasteiger partial charge in [-0.15, -0.1) is 0 Å². The summed E-state index contributed by atoms with van der Waals surface area (Å²) in [6.45, 7) is 3.97. The first-order chi connectivity index (χ1) is 6.86. The van der Waals surface area contributed by atoms with Crippen LogP contribution >= 0.6 is 0 Å². The molecule has 1 aliphatic heterocycles. The van der Waals surface area contributed by atoms with Crippen molar-refractivity contribution in [1.82, 2.24) is 9.80 Å². The van der Waals surface area contributed by atoms with Crippen LogP contribution in [0.1, 0.15) is 20.3 Å². The third-order valence-corrected chi connectivity index (χ3v) is 2.72. The van der Waals surface area contributed by atoms with E-state index in [4.69, 9.17) is 0 Å². The summed E-state index contributed by atoms with van der Waals surface area (Å²) in [7, 11) is 2.95. The van der Waals surface area contributed by atoms with Crippen molar-refractivity contribution >= 4 is 11.9 Å². The molecule has 1 fully saturated rings. The van der Waals surface area contributed by atoms with E-state index in [1.165, 1.54) is 19.0 Å². The van der Waals surface area contributed by atoms with Gasteiger partial charge in [0.2, 0.25) is 5.91 Å². The quantitative estimate of drug-likeness (QED) is 0.727. The van der Waals surface area contributed by atoms with Crippen LogP contribution in [0.4, 0.5) is 4.79 Å². The molecule has 0 saturated carbocycles. The smallest absolute Gasteiger partial charge is 0.328 e. The molecule has 3 amide bonds. The van der Waals surface area contributed by atoms with Crippen molar-refractivity contribution in [1.29, 1.82) is 0 Å². The zero-order valence-corrected chi connectivity index (χ0v) is 9.60. The highest BCUT2D eigenvalue weighted by molar-refractivity contribution is 5.97. The van der Waals surface area contributed by atoms with Gasteiger partial charge in [0.1, 0.15) is 6.23 Å². The minimum atomic E-state index is -0.997. The van der Waals surface area contributed by atoms with E-state index in [1.54, 1.807) is 0 Å². The summed E-state index contributed by atoms with van der Waals surface area (Å²) >= 11 is 0. The first-order valence-corrected chi connectivity index (χ1v) is 5.08. The molecule has 0 aromatic carbocycles. The van der Waals surface area contributed by atoms with Crippen molar-refractivity contribution in [3.8, 4) is 0 Å². The summed E-state index contributed by atoms with van der Waals surface area (Å²) in [4.78, 5) is 25.5. The van der Waals surface area contributed by atoms with E-state index >= 15 is 0 Å². The molecule has 1 heterocycles. The topological polar surface area (TPSA) is 60.9 Å². The van der Waals surface area contributed by atoms with E-state index in [2.05, 4.69) is 0 Å². The number of amides is 3. The number of aliphatic hydroxyl groups is 1. The third kappa shape index (κ3) is 2.12. The molecule has 15 heavy (non-hydrogen) atoms. The van der Waals surface area contributed by atoms with E-state index < -0.39 is 18.2 Å². The predicted octanol–water partition coefficient (Wildman–Crippen LogP) is 0.491. The van der Waals surface area contributed by atoms with Crippen molar-refractivity contribution < 1.29 is 14.7 Å². The number of rotatable bonds is 2. The maximum absolute atomic E-state index is 11.7. The van der Waals surface area contributed by atoms with E-state index in [1.807, 2.05) is 13.8 Å². The summed E-state index contributed by atoms with van der Waals surface area (Å²) in [6, 6.07) is -0.451. The Balaban J connectivity index is 2.87. The zero-order valence-electron chi connectivity index (χ0n) is 9.60. The Morgan fingerprint density at radius 3 is 2.33 bits per heavy atom. The molecule has 0 bridgehead atoms. The molecule has 5 nitrogen and oxygen atoms in total. The van der Waals surface area contributed by atoms with E-state index in [-0.39, 0.29) is 5.91 Å². The summed E-state index contributed by atoms with van der Waals surface area (Å²) in [5.74, 6) is -0.486. The molecular formula is C10H18N2O3. The summed E-state index contributed by atoms with van der Waals surface area (Å²) in [6.07, 6.45) is -0.411. The second kappa shape index (κ2) is 4.18. The maximum atomic E-state index is 11.7. The van der Waals surface area contributed by atoms with Gasteiger partial charge in [-0.25, -0.2) is 4.79 Å². The van der Waals surface area contributed by atoms with Crippen LogP contribution in [0.2, 0.25) is 0 Å². The Labute approximate surface area is 89.7 Å². The largest absolute Gasteiger partial charge is 0.373 e. The molecule has 86 valence electrons. The van der Waals surface area contributed by atoms with Crippen LogP contribution in [-0.2, 0) is 4.79 Å². The molecule has 0 spiro atoms. The minimum absolute atomic E-state index is 0.292. The van der Waals surface area contributed by atoms with Crippen LogP contribution < -0.4 is 0 Å². The van der Waals surface area contributed by atoms with Crippen LogP contribution in [0.5, 0.6) is 0 Å². The fourth-order valence-electron chi connectivity index (χ4n) is 1.82. The molecule has 2 atom stereocenters. The van der Waals surface area contributed by atoms with Crippen LogP contribution in [0, 0.1) is 11.8 Å². The molecule has 0 aromatic rings. The number of urea groups is 1. The molecular weight excluding hydrogens is 196 g/mol. The molecule has 0 aromatic heterocycles. The number of nitrogens with zero attached hydrogens (tertiary/aromatic N) is 2. The monoisotopic (exact) mass is 214 g/mol. The second-order valence-electron chi connectivity index (χ2n) is 4.44. The van der Waals surface area contributed by atoms with Gasteiger partial charge in [-0.2, -0.15) is 0 Å². The molecule has 1 aliphatic rings. The van der Waals surface area contributed by atoms with Crippen LogP contribution in [-0.4, -0.2) is 47.2 Å². The van der Waals surface area contributed by atoms with Gasteiger partial charge in [0.15, 0.2) is 0 Å². The van der Waals surface area contributed by atoms with Gasteiger partial charge in [0, 0.05) is 14.1 Å². The lowest BCUT2D eigenvalue weighted by Crippen LogP contribution is -2.59. The Kier molecular flexibility index (Phi) is 3.34. The predicted molar refractivity (Wildman–Crippen MR) is 54.9 cm³/mol. The fourth-order valence-corrected chi connectivity index (χ4v) is 1.82.